The fourth-order valence-electron chi connectivity index (χ4n) is 4.01. The van der Waals surface area contributed by atoms with Crippen molar-refractivity contribution in [3.05, 3.63) is 99.5 Å². The fraction of sp³-hybridized carbons (Fsp3) is 0.208. The Labute approximate surface area is 184 Å². The van der Waals surface area contributed by atoms with Crippen LogP contribution < -0.4 is 4.90 Å². The predicted molar refractivity (Wildman–Crippen MR) is 116 cm³/mol. The zero-order valence-electron chi connectivity index (χ0n) is 16.0. The first kappa shape index (κ1) is 20.8. The number of amides is 1. The summed E-state index contributed by atoms with van der Waals surface area (Å²) in [5.74, 6) is -2.16. The van der Waals surface area contributed by atoms with Crippen molar-refractivity contribution in [2.24, 2.45) is 5.92 Å². The summed E-state index contributed by atoms with van der Waals surface area (Å²) in [5.41, 5.74) is 2.35. The number of carbonyl (C=O) groups excluding carboxylic acids is 1. The van der Waals surface area contributed by atoms with Crippen LogP contribution in [0.15, 0.2) is 66.7 Å². The van der Waals surface area contributed by atoms with Crippen molar-refractivity contribution in [1.29, 1.82) is 0 Å². The summed E-state index contributed by atoms with van der Waals surface area (Å²) in [4.78, 5) is 15.3. The van der Waals surface area contributed by atoms with Gasteiger partial charge in [0.2, 0.25) is 5.91 Å². The molecule has 0 aliphatic carbocycles. The van der Waals surface area contributed by atoms with Crippen LogP contribution in [0.1, 0.15) is 30.0 Å². The number of halogens is 4. The highest BCUT2D eigenvalue weighted by Gasteiger charge is 2.37. The van der Waals surface area contributed by atoms with Crippen LogP contribution in [-0.2, 0) is 11.2 Å². The molecule has 154 valence electrons. The maximum atomic E-state index is 13.6. The third-order valence-corrected chi connectivity index (χ3v) is 6.02. The van der Waals surface area contributed by atoms with Gasteiger partial charge < -0.3 is 4.90 Å². The normalized spacial score (nSPS) is 19.2. The zero-order chi connectivity index (χ0) is 21.3. The molecule has 0 N–H and O–H groups in total. The van der Waals surface area contributed by atoms with E-state index in [4.69, 9.17) is 23.2 Å². The van der Waals surface area contributed by atoms with Crippen molar-refractivity contribution in [2.45, 2.75) is 25.3 Å². The number of benzene rings is 3. The summed E-state index contributed by atoms with van der Waals surface area (Å²) >= 11 is 12.1. The summed E-state index contributed by atoms with van der Waals surface area (Å²) in [6.07, 6.45) is 1.74. The minimum Gasteiger partial charge on any atom is -0.305 e. The Morgan fingerprint density at radius 2 is 1.47 bits per heavy atom. The highest BCUT2D eigenvalue weighted by atomic mass is 35.5. The molecule has 2 nitrogen and oxygen atoms in total. The van der Waals surface area contributed by atoms with Gasteiger partial charge in [-0.3, -0.25) is 4.79 Å². The molecule has 3 aromatic carbocycles. The topological polar surface area (TPSA) is 20.3 Å². The lowest BCUT2D eigenvalue weighted by Crippen LogP contribution is -2.44. The van der Waals surface area contributed by atoms with Gasteiger partial charge >= 0.3 is 0 Å². The summed E-state index contributed by atoms with van der Waals surface area (Å²) in [5, 5.41) is 1.22. The van der Waals surface area contributed by atoms with E-state index in [1.165, 1.54) is 12.1 Å². The minimum atomic E-state index is -0.899. The van der Waals surface area contributed by atoms with Crippen molar-refractivity contribution in [3.8, 4) is 0 Å². The van der Waals surface area contributed by atoms with Gasteiger partial charge in [0, 0.05) is 21.7 Å². The number of hydrogen-bond acceptors (Lipinski definition) is 1. The van der Waals surface area contributed by atoms with Gasteiger partial charge in [-0.2, -0.15) is 0 Å². The summed E-state index contributed by atoms with van der Waals surface area (Å²) < 4.78 is 26.9. The number of rotatable bonds is 4. The van der Waals surface area contributed by atoms with Gasteiger partial charge in [0.15, 0.2) is 11.6 Å². The van der Waals surface area contributed by atoms with E-state index < -0.39 is 11.6 Å². The average Bonchev–Trinajstić information content (AvgIpc) is 2.73. The molecule has 0 radical (unpaired) electrons. The standard InChI is InChI=1S/C24H19Cl2F2NO/c25-18-5-2-16(3-6-18)23-12-4-17(13-15-1-11-21(27)22(28)14-15)24(30)29(23)20-9-7-19(26)8-10-20/h1-3,5-11,14,17,23H,4,12-13H2/t17-,23-/m0/s1. The molecule has 1 saturated heterocycles. The fourth-order valence-corrected chi connectivity index (χ4v) is 4.26. The second-order valence-corrected chi connectivity index (χ2v) is 8.35. The molecular weight excluding hydrogens is 427 g/mol. The monoisotopic (exact) mass is 445 g/mol. The lowest BCUT2D eigenvalue weighted by molar-refractivity contribution is -0.124. The maximum Gasteiger partial charge on any atom is 0.231 e. The first-order valence-electron chi connectivity index (χ1n) is 9.70. The molecule has 30 heavy (non-hydrogen) atoms. The van der Waals surface area contributed by atoms with Gasteiger partial charge in [0.05, 0.1) is 6.04 Å². The van der Waals surface area contributed by atoms with Crippen molar-refractivity contribution >= 4 is 34.8 Å². The molecule has 1 amide bonds. The number of carbonyl (C=O) groups is 1. The Bertz CT molecular complexity index is 1050. The molecule has 2 atom stereocenters. The third kappa shape index (κ3) is 4.35. The SMILES string of the molecule is O=C1[C@H](Cc2ccc(F)c(F)c2)CC[C@@H](c2ccc(Cl)cc2)N1c1ccc(Cl)cc1. The quantitative estimate of drug-likeness (QED) is 0.423. The van der Waals surface area contributed by atoms with Crippen molar-refractivity contribution in [2.75, 3.05) is 4.90 Å². The van der Waals surface area contributed by atoms with Crippen molar-refractivity contribution in [3.63, 3.8) is 0 Å². The number of anilines is 1. The molecule has 0 aromatic heterocycles. The Morgan fingerprint density at radius 1 is 0.833 bits per heavy atom. The number of hydrogen-bond donors (Lipinski definition) is 0. The number of nitrogens with zero attached hydrogens (tertiary/aromatic N) is 1. The Kier molecular flexibility index (Phi) is 6.07. The Hall–Kier alpha value is -2.43. The van der Waals surface area contributed by atoms with E-state index in [0.717, 1.165) is 23.7 Å². The van der Waals surface area contributed by atoms with E-state index in [1.807, 2.05) is 36.4 Å². The molecule has 0 saturated carbocycles. The van der Waals surface area contributed by atoms with Crippen LogP contribution in [0.2, 0.25) is 10.0 Å². The number of piperidine rings is 1. The molecule has 4 rings (SSSR count). The lowest BCUT2D eigenvalue weighted by atomic mass is 9.84. The Morgan fingerprint density at radius 3 is 2.10 bits per heavy atom. The van der Waals surface area contributed by atoms with Gasteiger partial charge in [-0.05, 0) is 78.9 Å². The summed E-state index contributed by atoms with van der Waals surface area (Å²) in [6, 6.07) is 18.3. The van der Waals surface area contributed by atoms with Gasteiger partial charge in [-0.1, -0.05) is 41.4 Å². The molecule has 0 spiro atoms. The highest BCUT2D eigenvalue weighted by Crippen LogP contribution is 2.39. The lowest BCUT2D eigenvalue weighted by Gasteiger charge is -2.40. The van der Waals surface area contributed by atoms with Crippen LogP contribution in [0.3, 0.4) is 0 Å². The molecular formula is C24H19Cl2F2NO. The van der Waals surface area contributed by atoms with E-state index in [9.17, 15) is 13.6 Å². The first-order valence-corrected chi connectivity index (χ1v) is 10.5. The second kappa shape index (κ2) is 8.75. The largest absolute Gasteiger partial charge is 0.305 e. The van der Waals surface area contributed by atoms with Crippen LogP contribution in [0, 0.1) is 17.6 Å². The van der Waals surface area contributed by atoms with Crippen LogP contribution >= 0.6 is 23.2 Å². The molecule has 6 heteroatoms. The van der Waals surface area contributed by atoms with E-state index in [0.29, 0.717) is 28.5 Å². The molecule has 3 aromatic rings. The van der Waals surface area contributed by atoms with Gasteiger partial charge in [0.1, 0.15) is 0 Å². The van der Waals surface area contributed by atoms with Crippen LogP contribution in [0.4, 0.5) is 14.5 Å². The second-order valence-electron chi connectivity index (χ2n) is 7.48. The van der Waals surface area contributed by atoms with E-state index in [-0.39, 0.29) is 17.9 Å². The van der Waals surface area contributed by atoms with E-state index in [2.05, 4.69) is 0 Å². The van der Waals surface area contributed by atoms with Crippen molar-refractivity contribution < 1.29 is 13.6 Å². The Balaban J connectivity index is 1.66. The van der Waals surface area contributed by atoms with Crippen molar-refractivity contribution in [1.82, 2.24) is 0 Å². The zero-order valence-corrected chi connectivity index (χ0v) is 17.5. The molecule has 1 heterocycles. The van der Waals surface area contributed by atoms with Crippen LogP contribution in [0.5, 0.6) is 0 Å². The van der Waals surface area contributed by atoms with Crippen LogP contribution in [-0.4, -0.2) is 5.91 Å². The first-order chi connectivity index (χ1) is 14.4. The van der Waals surface area contributed by atoms with Gasteiger partial charge in [-0.15, -0.1) is 0 Å². The molecule has 1 aliphatic rings. The average molecular weight is 446 g/mol. The minimum absolute atomic E-state index is 0.0479. The third-order valence-electron chi connectivity index (χ3n) is 5.51. The molecule has 0 bridgehead atoms. The summed E-state index contributed by atoms with van der Waals surface area (Å²) in [7, 11) is 0. The van der Waals surface area contributed by atoms with Gasteiger partial charge in [0.25, 0.3) is 0 Å². The van der Waals surface area contributed by atoms with E-state index >= 15 is 0 Å². The summed E-state index contributed by atoms with van der Waals surface area (Å²) in [6.45, 7) is 0. The molecule has 1 aliphatic heterocycles. The highest BCUT2D eigenvalue weighted by molar-refractivity contribution is 6.30. The maximum absolute atomic E-state index is 13.6. The van der Waals surface area contributed by atoms with Crippen LogP contribution in [0.25, 0.3) is 0 Å². The van der Waals surface area contributed by atoms with Gasteiger partial charge in [-0.25, -0.2) is 8.78 Å². The molecule has 1 fully saturated rings. The predicted octanol–water partition coefficient (Wildman–Crippen LogP) is 7.00. The van der Waals surface area contributed by atoms with E-state index in [1.54, 1.807) is 17.0 Å². The smallest absolute Gasteiger partial charge is 0.231 e. The molecule has 0 unspecified atom stereocenters.